The predicted molar refractivity (Wildman–Crippen MR) is 77.7 cm³/mol. The average Bonchev–Trinajstić information content (AvgIpc) is 2.48. The van der Waals surface area contributed by atoms with Crippen LogP contribution in [0.15, 0.2) is 24.8 Å². The van der Waals surface area contributed by atoms with Crippen molar-refractivity contribution in [3.8, 4) is 11.5 Å². The third-order valence-corrected chi connectivity index (χ3v) is 3.57. The monoisotopic (exact) mass is 274 g/mol. The Hall–Kier alpha value is -2.17. The van der Waals surface area contributed by atoms with E-state index in [0.717, 1.165) is 23.5 Å². The van der Waals surface area contributed by atoms with E-state index in [-0.39, 0.29) is 11.9 Å². The zero-order valence-electron chi connectivity index (χ0n) is 11.5. The highest BCUT2D eigenvalue weighted by Crippen LogP contribution is 2.42. The lowest BCUT2D eigenvalue weighted by atomic mass is 10.1. The SMILES string of the molecule is C=CCN1C(=O)C(CC)Nc2cc3c(cc21)OCCO3. The largest absolute Gasteiger partial charge is 0.486 e. The first-order chi connectivity index (χ1) is 9.74. The summed E-state index contributed by atoms with van der Waals surface area (Å²) in [7, 11) is 0. The third-order valence-electron chi connectivity index (χ3n) is 3.57. The normalized spacial score (nSPS) is 20.1. The van der Waals surface area contributed by atoms with Crippen LogP contribution in [0.3, 0.4) is 0 Å². The highest BCUT2D eigenvalue weighted by Gasteiger charge is 2.32. The molecule has 0 radical (unpaired) electrons. The smallest absolute Gasteiger partial charge is 0.249 e. The molecule has 1 N–H and O–H groups in total. The van der Waals surface area contributed by atoms with E-state index in [1.807, 2.05) is 19.1 Å². The van der Waals surface area contributed by atoms with E-state index in [0.29, 0.717) is 25.5 Å². The minimum absolute atomic E-state index is 0.0663. The van der Waals surface area contributed by atoms with Gasteiger partial charge in [0.2, 0.25) is 5.91 Å². The second-order valence-corrected chi connectivity index (χ2v) is 4.86. The zero-order valence-corrected chi connectivity index (χ0v) is 11.5. The van der Waals surface area contributed by atoms with Gasteiger partial charge in [0.1, 0.15) is 19.3 Å². The average molecular weight is 274 g/mol. The number of nitrogens with one attached hydrogen (secondary N) is 1. The van der Waals surface area contributed by atoms with Gasteiger partial charge >= 0.3 is 0 Å². The number of rotatable bonds is 3. The summed E-state index contributed by atoms with van der Waals surface area (Å²) in [4.78, 5) is 14.2. The lowest BCUT2D eigenvalue weighted by Gasteiger charge is -2.35. The van der Waals surface area contributed by atoms with Crippen LogP contribution >= 0.6 is 0 Å². The molecule has 20 heavy (non-hydrogen) atoms. The first-order valence-electron chi connectivity index (χ1n) is 6.87. The minimum Gasteiger partial charge on any atom is -0.486 e. The van der Waals surface area contributed by atoms with Gasteiger partial charge in [0.15, 0.2) is 11.5 Å². The van der Waals surface area contributed by atoms with Gasteiger partial charge in [-0.15, -0.1) is 6.58 Å². The lowest BCUT2D eigenvalue weighted by molar-refractivity contribution is -0.119. The summed E-state index contributed by atoms with van der Waals surface area (Å²) in [6.07, 6.45) is 2.47. The Morgan fingerprint density at radius 1 is 1.40 bits per heavy atom. The van der Waals surface area contributed by atoms with Crippen LogP contribution in [-0.4, -0.2) is 31.7 Å². The summed E-state index contributed by atoms with van der Waals surface area (Å²) < 4.78 is 11.2. The topological polar surface area (TPSA) is 50.8 Å². The number of carbonyl (C=O) groups excluding carboxylic acids is 1. The van der Waals surface area contributed by atoms with Crippen molar-refractivity contribution in [1.82, 2.24) is 0 Å². The molecule has 0 bridgehead atoms. The summed E-state index contributed by atoms with van der Waals surface area (Å²) in [5, 5.41) is 3.27. The molecule has 1 unspecified atom stereocenters. The van der Waals surface area contributed by atoms with E-state index < -0.39 is 0 Å². The third kappa shape index (κ3) is 1.99. The number of amides is 1. The van der Waals surface area contributed by atoms with E-state index in [1.54, 1.807) is 11.0 Å². The highest BCUT2D eigenvalue weighted by molar-refractivity contribution is 6.05. The van der Waals surface area contributed by atoms with Crippen molar-refractivity contribution in [3.05, 3.63) is 24.8 Å². The maximum atomic E-state index is 12.4. The van der Waals surface area contributed by atoms with Crippen LogP contribution in [0, 0.1) is 0 Å². The predicted octanol–water partition coefficient (Wildman–Crippen LogP) is 2.18. The summed E-state index contributed by atoms with van der Waals surface area (Å²) in [5.74, 6) is 1.48. The Morgan fingerprint density at radius 3 is 2.75 bits per heavy atom. The summed E-state index contributed by atoms with van der Waals surface area (Å²) in [6.45, 7) is 7.30. The molecule has 1 aromatic rings. The van der Waals surface area contributed by atoms with Crippen LogP contribution in [-0.2, 0) is 4.79 Å². The molecule has 2 heterocycles. The molecular weight excluding hydrogens is 256 g/mol. The van der Waals surface area contributed by atoms with Crippen LogP contribution in [0.4, 0.5) is 11.4 Å². The molecule has 0 aliphatic carbocycles. The number of nitrogens with zero attached hydrogens (tertiary/aromatic N) is 1. The Morgan fingerprint density at radius 2 is 2.10 bits per heavy atom. The fourth-order valence-corrected chi connectivity index (χ4v) is 2.57. The Balaban J connectivity index is 2.06. The molecular formula is C15H18N2O3. The maximum absolute atomic E-state index is 12.4. The summed E-state index contributed by atoms with van der Waals surface area (Å²) >= 11 is 0. The second kappa shape index (κ2) is 5.07. The molecule has 2 aliphatic rings. The molecule has 0 aromatic heterocycles. The molecule has 1 atom stereocenters. The number of ether oxygens (including phenoxy) is 2. The van der Waals surface area contributed by atoms with Crippen LogP contribution in [0.1, 0.15) is 13.3 Å². The lowest BCUT2D eigenvalue weighted by Crippen LogP contribution is -2.47. The molecule has 1 aromatic carbocycles. The van der Waals surface area contributed by atoms with Crippen molar-refractivity contribution in [2.75, 3.05) is 30.0 Å². The molecule has 5 heteroatoms. The van der Waals surface area contributed by atoms with Gasteiger partial charge in [-0.3, -0.25) is 4.79 Å². The van der Waals surface area contributed by atoms with E-state index in [4.69, 9.17) is 9.47 Å². The number of anilines is 2. The number of hydrogen-bond acceptors (Lipinski definition) is 4. The van der Waals surface area contributed by atoms with Crippen molar-refractivity contribution in [3.63, 3.8) is 0 Å². The van der Waals surface area contributed by atoms with Crippen LogP contribution in [0.2, 0.25) is 0 Å². The molecule has 5 nitrogen and oxygen atoms in total. The van der Waals surface area contributed by atoms with Crippen LogP contribution in [0.25, 0.3) is 0 Å². The van der Waals surface area contributed by atoms with Crippen LogP contribution < -0.4 is 19.7 Å². The van der Waals surface area contributed by atoms with E-state index in [9.17, 15) is 4.79 Å². The molecule has 0 saturated carbocycles. The Labute approximate surface area is 118 Å². The van der Waals surface area contributed by atoms with Crippen molar-refractivity contribution < 1.29 is 14.3 Å². The van der Waals surface area contributed by atoms with Gasteiger partial charge in [-0.25, -0.2) is 0 Å². The quantitative estimate of drug-likeness (QED) is 0.858. The van der Waals surface area contributed by atoms with E-state index in [2.05, 4.69) is 11.9 Å². The summed E-state index contributed by atoms with van der Waals surface area (Å²) in [5.41, 5.74) is 1.73. The highest BCUT2D eigenvalue weighted by atomic mass is 16.6. The van der Waals surface area contributed by atoms with Gasteiger partial charge in [-0.05, 0) is 6.42 Å². The van der Waals surface area contributed by atoms with Crippen LogP contribution in [0.5, 0.6) is 11.5 Å². The van der Waals surface area contributed by atoms with Crippen molar-refractivity contribution >= 4 is 17.3 Å². The Bertz CT molecular complexity index is 556. The van der Waals surface area contributed by atoms with Gasteiger partial charge in [0, 0.05) is 18.7 Å². The van der Waals surface area contributed by atoms with E-state index in [1.165, 1.54) is 0 Å². The fraction of sp³-hybridized carbons (Fsp3) is 0.400. The first kappa shape index (κ1) is 12.8. The Kier molecular flexibility index (Phi) is 3.26. The molecule has 2 aliphatic heterocycles. The molecule has 0 spiro atoms. The molecule has 0 fully saturated rings. The standard InChI is InChI=1S/C15H18N2O3/c1-3-5-17-12-9-14-13(19-6-7-20-14)8-11(12)16-10(4-2)15(17)18/h3,8-10,16H,1,4-7H2,2H3. The van der Waals surface area contributed by atoms with Gasteiger partial charge < -0.3 is 19.7 Å². The fourth-order valence-electron chi connectivity index (χ4n) is 2.57. The molecule has 3 rings (SSSR count). The second-order valence-electron chi connectivity index (χ2n) is 4.86. The summed E-state index contributed by atoms with van der Waals surface area (Å²) in [6, 6.07) is 3.57. The van der Waals surface area contributed by atoms with Crippen molar-refractivity contribution in [2.45, 2.75) is 19.4 Å². The van der Waals surface area contributed by atoms with Gasteiger partial charge in [0.25, 0.3) is 0 Å². The van der Waals surface area contributed by atoms with Crippen molar-refractivity contribution in [1.29, 1.82) is 0 Å². The minimum atomic E-state index is -0.204. The number of benzene rings is 1. The van der Waals surface area contributed by atoms with E-state index >= 15 is 0 Å². The number of hydrogen-bond donors (Lipinski definition) is 1. The molecule has 1 amide bonds. The zero-order chi connectivity index (χ0) is 14.1. The van der Waals surface area contributed by atoms with Gasteiger partial charge in [-0.2, -0.15) is 0 Å². The maximum Gasteiger partial charge on any atom is 0.249 e. The number of fused-ring (bicyclic) bond motifs is 2. The van der Waals surface area contributed by atoms with Gasteiger partial charge in [0.05, 0.1) is 11.4 Å². The number of carbonyl (C=O) groups is 1. The molecule has 106 valence electrons. The first-order valence-corrected chi connectivity index (χ1v) is 6.87. The molecule has 0 saturated heterocycles. The van der Waals surface area contributed by atoms with Crippen molar-refractivity contribution in [2.24, 2.45) is 0 Å². The van der Waals surface area contributed by atoms with Gasteiger partial charge in [-0.1, -0.05) is 13.0 Å².